The molecule has 0 amide bonds. The average Bonchev–Trinajstić information content (AvgIpc) is 2.45. The molecule has 1 atom stereocenters. The molecule has 4 nitrogen and oxygen atoms in total. The molecule has 2 N–H and O–H groups in total. The van der Waals surface area contributed by atoms with Crippen LogP contribution in [0.3, 0.4) is 0 Å². The normalized spacial score (nSPS) is 22.0. The minimum Gasteiger partial charge on any atom is -0.394 e. The summed E-state index contributed by atoms with van der Waals surface area (Å²) >= 11 is 0. The smallest absolute Gasteiger partial charge is 0.0613 e. The lowest BCUT2D eigenvalue weighted by Crippen LogP contribution is -2.48. The van der Waals surface area contributed by atoms with E-state index < -0.39 is 0 Å². The van der Waals surface area contributed by atoms with Crippen LogP contribution < -0.4 is 5.32 Å². The lowest BCUT2D eigenvalue weighted by atomic mass is 9.91. The van der Waals surface area contributed by atoms with Gasteiger partial charge in [0.25, 0.3) is 0 Å². The molecule has 0 aromatic carbocycles. The standard InChI is InChI=1S/C14H31N3O/c1-4-14(13-18,15-3)7-6-8-17-11-9-16(5-2)10-12-17/h15,18H,4-13H2,1-3H3. The van der Waals surface area contributed by atoms with E-state index >= 15 is 0 Å². The first-order chi connectivity index (χ1) is 8.69. The summed E-state index contributed by atoms with van der Waals surface area (Å²) in [4.78, 5) is 5.06. The van der Waals surface area contributed by atoms with Crippen LogP contribution in [0.25, 0.3) is 0 Å². The van der Waals surface area contributed by atoms with Crippen LogP contribution in [-0.4, -0.2) is 73.4 Å². The largest absolute Gasteiger partial charge is 0.394 e. The fraction of sp³-hybridized carbons (Fsp3) is 1.00. The number of hydrogen-bond acceptors (Lipinski definition) is 4. The Hall–Kier alpha value is -0.160. The number of hydrogen-bond donors (Lipinski definition) is 2. The maximum Gasteiger partial charge on any atom is 0.0613 e. The van der Waals surface area contributed by atoms with Crippen molar-refractivity contribution >= 4 is 0 Å². The van der Waals surface area contributed by atoms with Crippen LogP contribution in [0.2, 0.25) is 0 Å². The van der Waals surface area contributed by atoms with E-state index in [0.29, 0.717) is 0 Å². The van der Waals surface area contributed by atoms with Crippen molar-refractivity contribution in [3.8, 4) is 0 Å². The van der Waals surface area contributed by atoms with Gasteiger partial charge in [0, 0.05) is 31.7 Å². The second-order valence-electron chi connectivity index (χ2n) is 5.42. The molecule has 0 saturated carbocycles. The SMILES string of the molecule is CCN1CCN(CCCC(CC)(CO)NC)CC1. The van der Waals surface area contributed by atoms with E-state index in [9.17, 15) is 5.11 Å². The van der Waals surface area contributed by atoms with Crippen molar-refractivity contribution in [1.82, 2.24) is 15.1 Å². The highest BCUT2D eigenvalue weighted by Crippen LogP contribution is 2.17. The molecule has 1 aliphatic rings. The Kier molecular flexibility index (Phi) is 7.15. The van der Waals surface area contributed by atoms with Crippen molar-refractivity contribution in [2.75, 3.05) is 52.9 Å². The van der Waals surface area contributed by atoms with E-state index in [2.05, 4.69) is 29.0 Å². The third kappa shape index (κ3) is 4.50. The molecule has 0 bridgehead atoms. The first-order valence-corrected chi connectivity index (χ1v) is 7.44. The number of nitrogens with one attached hydrogen (secondary N) is 1. The summed E-state index contributed by atoms with van der Waals surface area (Å²) in [6.45, 7) is 11.8. The zero-order chi connectivity index (χ0) is 13.4. The van der Waals surface area contributed by atoms with Crippen molar-refractivity contribution in [1.29, 1.82) is 0 Å². The molecule has 1 aliphatic heterocycles. The number of rotatable bonds is 8. The van der Waals surface area contributed by atoms with Gasteiger partial charge in [-0.1, -0.05) is 13.8 Å². The number of aliphatic hydroxyl groups excluding tert-OH is 1. The van der Waals surface area contributed by atoms with E-state index in [-0.39, 0.29) is 12.1 Å². The lowest BCUT2D eigenvalue weighted by Gasteiger charge is -2.35. The molecule has 18 heavy (non-hydrogen) atoms. The Labute approximate surface area is 112 Å². The third-order valence-corrected chi connectivity index (χ3v) is 4.55. The Balaban J connectivity index is 2.21. The van der Waals surface area contributed by atoms with E-state index in [0.717, 1.165) is 12.8 Å². The lowest BCUT2D eigenvalue weighted by molar-refractivity contribution is 0.120. The van der Waals surface area contributed by atoms with E-state index in [1.807, 2.05) is 7.05 Å². The molecule has 1 fully saturated rings. The molecular formula is C14H31N3O. The van der Waals surface area contributed by atoms with Crippen molar-refractivity contribution < 1.29 is 5.11 Å². The summed E-state index contributed by atoms with van der Waals surface area (Å²) in [5, 5.41) is 12.8. The summed E-state index contributed by atoms with van der Waals surface area (Å²) < 4.78 is 0. The Bertz CT molecular complexity index is 203. The molecule has 1 saturated heterocycles. The quantitative estimate of drug-likeness (QED) is 0.673. The number of aliphatic hydroxyl groups is 1. The van der Waals surface area contributed by atoms with Crippen LogP contribution in [0, 0.1) is 0 Å². The highest BCUT2D eigenvalue weighted by Gasteiger charge is 2.25. The van der Waals surface area contributed by atoms with Gasteiger partial charge in [0.2, 0.25) is 0 Å². The molecule has 1 rings (SSSR count). The summed E-state index contributed by atoms with van der Waals surface area (Å²) in [7, 11) is 1.96. The molecule has 108 valence electrons. The highest BCUT2D eigenvalue weighted by atomic mass is 16.3. The van der Waals surface area contributed by atoms with Gasteiger partial charge < -0.3 is 20.2 Å². The van der Waals surface area contributed by atoms with Gasteiger partial charge in [-0.2, -0.15) is 0 Å². The maximum atomic E-state index is 9.50. The Morgan fingerprint density at radius 1 is 1.11 bits per heavy atom. The number of piperazine rings is 1. The van der Waals surface area contributed by atoms with Crippen LogP contribution >= 0.6 is 0 Å². The van der Waals surface area contributed by atoms with Crippen molar-refractivity contribution in [3.63, 3.8) is 0 Å². The second kappa shape index (κ2) is 8.10. The molecule has 4 heteroatoms. The van der Waals surface area contributed by atoms with Gasteiger partial charge in [0.15, 0.2) is 0 Å². The van der Waals surface area contributed by atoms with E-state index in [4.69, 9.17) is 0 Å². The molecule has 0 aromatic rings. The van der Waals surface area contributed by atoms with Crippen molar-refractivity contribution in [3.05, 3.63) is 0 Å². The predicted octanol–water partition coefficient (Wildman–Crippen LogP) is 0.765. The second-order valence-corrected chi connectivity index (χ2v) is 5.42. The first kappa shape index (κ1) is 15.9. The molecular weight excluding hydrogens is 226 g/mol. The zero-order valence-electron chi connectivity index (χ0n) is 12.4. The Morgan fingerprint density at radius 2 is 1.72 bits per heavy atom. The third-order valence-electron chi connectivity index (χ3n) is 4.55. The number of nitrogens with zero attached hydrogens (tertiary/aromatic N) is 2. The molecule has 0 aromatic heterocycles. The van der Waals surface area contributed by atoms with Crippen LogP contribution in [-0.2, 0) is 0 Å². The van der Waals surface area contributed by atoms with Gasteiger partial charge in [-0.25, -0.2) is 0 Å². The van der Waals surface area contributed by atoms with Gasteiger partial charge in [-0.05, 0) is 39.4 Å². The summed E-state index contributed by atoms with van der Waals surface area (Å²) in [6.07, 6.45) is 3.22. The fourth-order valence-corrected chi connectivity index (χ4v) is 2.72. The van der Waals surface area contributed by atoms with Gasteiger partial charge >= 0.3 is 0 Å². The summed E-state index contributed by atoms with van der Waals surface area (Å²) in [5.74, 6) is 0. The van der Waals surface area contributed by atoms with Crippen LogP contribution in [0.5, 0.6) is 0 Å². The fourth-order valence-electron chi connectivity index (χ4n) is 2.72. The van der Waals surface area contributed by atoms with Crippen LogP contribution in [0.15, 0.2) is 0 Å². The molecule has 0 aliphatic carbocycles. The first-order valence-electron chi connectivity index (χ1n) is 7.44. The van der Waals surface area contributed by atoms with Gasteiger partial charge in [0.05, 0.1) is 6.61 Å². The molecule has 0 spiro atoms. The Morgan fingerprint density at radius 3 is 2.17 bits per heavy atom. The highest BCUT2D eigenvalue weighted by molar-refractivity contribution is 4.85. The minimum atomic E-state index is -0.0642. The van der Waals surface area contributed by atoms with Gasteiger partial charge in [0.1, 0.15) is 0 Å². The number of likely N-dealkylation sites (N-methyl/N-ethyl adjacent to an activating group) is 2. The maximum absolute atomic E-state index is 9.50. The molecule has 1 heterocycles. The zero-order valence-corrected chi connectivity index (χ0v) is 12.4. The summed E-state index contributed by atoms with van der Waals surface area (Å²) in [6, 6.07) is 0. The van der Waals surface area contributed by atoms with E-state index in [1.54, 1.807) is 0 Å². The van der Waals surface area contributed by atoms with Gasteiger partial charge in [-0.15, -0.1) is 0 Å². The average molecular weight is 257 g/mol. The van der Waals surface area contributed by atoms with Gasteiger partial charge in [-0.3, -0.25) is 0 Å². The molecule has 1 unspecified atom stereocenters. The predicted molar refractivity (Wildman–Crippen MR) is 77.0 cm³/mol. The van der Waals surface area contributed by atoms with Crippen molar-refractivity contribution in [2.45, 2.75) is 38.6 Å². The van der Waals surface area contributed by atoms with E-state index in [1.165, 1.54) is 45.7 Å². The minimum absolute atomic E-state index is 0.0642. The van der Waals surface area contributed by atoms with Crippen LogP contribution in [0.4, 0.5) is 0 Å². The summed E-state index contributed by atoms with van der Waals surface area (Å²) in [5.41, 5.74) is -0.0642. The van der Waals surface area contributed by atoms with Crippen molar-refractivity contribution in [2.24, 2.45) is 0 Å². The topological polar surface area (TPSA) is 38.7 Å². The van der Waals surface area contributed by atoms with Crippen LogP contribution in [0.1, 0.15) is 33.1 Å². The monoisotopic (exact) mass is 257 g/mol. The molecule has 0 radical (unpaired) electrons.